The number of nitrogens with zero attached hydrogens (tertiary/aromatic N) is 1. The van der Waals surface area contributed by atoms with Gasteiger partial charge in [0.05, 0.1) is 19.3 Å². The summed E-state index contributed by atoms with van der Waals surface area (Å²) in [6.07, 6.45) is 1.43. The first-order chi connectivity index (χ1) is 9.63. The Balaban J connectivity index is 1.65. The lowest BCUT2D eigenvalue weighted by atomic mass is 9.96. The molecule has 108 valence electrons. The van der Waals surface area contributed by atoms with Gasteiger partial charge in [0.2, 0.25) is 0 Å². The Hall–Kier alpha value is -1.39. The summed E-state index contributed by atoms with van der Waals surface area (Å²) in [4.78, 5) is 14.5. The van der Waals surface area contributed by atoms with E-state index < -0.39 is 0 Å². The topological polar surface area (TPSA) is 49.8 Å². The van der Waals surface area contributed by atoms with E-state index in [-0.39, 0.29) is 17.8 Å². The molecule has 0 spiro atoms. The van der Waals surface area contributed by atoms with Crippen molar-refractivity contribution >= 4 is 5.78 Å². The van der Waals surface area contributed by atoms with E-state index in [0.717, 1.165) is 42.8 Å². The first kappa shape index (κ1) is 13.6. The minimum atomic E-state index is -0.224. The van der Waals surface area contributed by atoms with E-state index in [4.69, 9.17) is 4.74 Å². The standard InChI is InChI=1S/C16H21NO3/c1-11-9-17(6-4-14(11)18)10-15(19)12-2-3-16-13(8-12)5-7-20-16/h2-3,8,11,14,18H,4-7,9-10H2,1H3. The fourth-order valence-electron chi connectivity index (χ4n) is 3.02. The molecule has 1 fully saturated rings. The predicted octanol–water partition coefficient (Wildman–Crippen LogP) is 1.51. The SMILES string of the molecule is CC1CN(CC(=O)c2ccc3c(c2)CCO3)CCC1O. The third kappa shape index (κ3) is 2.72. The van der Waals surface area contributed by atoms with Crippen LogP contribution in [-0.4, -0.2) is 48.1 Å². The Bertz CT molecular complexity index is 514. The number of ether oxygens (including phenoxy) is 1. The van der Waals surface area contributed by atoms with Crippen molar-refractivity contribution in [2.75, 3.05) is 26.2 Å². The van der Waals surface area contributed by atoms with Gasteiger partial charge in [-0.2, -0.15) is 0 Å². The molecule has 4 nitrogen and oxygen atoms in total. The van der Waals surface area contributed by atoms with Crippen molar-refractivity contribution < 1.29 is 14.6 Å². The number of benzene rings is 1. The van der Waals surface area contributed by atoms with Crippen molar-refractivity contribution in [1.82, 2.24) is 4.90 Å². The summed E-state index contributed by atoms with van der Waals surface area (Å²) in [7, 11) is 0. The van der Waals surface area contributed by atoms with Crippen LogP contribution in [-0.2, 0) is 6.42 Å². The summed E-state index contributed by atoms with van der Waals surface area (Å²) in [6, 6.07) is 5.72. The van der Waals surface area contributed by atoms with Gasteiger partial charge >= 0.3 is 0 Å². The number of aliphatic hydroxyl groups is 1. The Morgan fingerprint density at radius 3 is 3.15 bits per heavy atom. The van der Waals surface area contributed by atoms with E-state index >= 15 is 0 Å². The van der Waals surface area contributed by atoms with Gasteiger partial charge in [-0.05, 0) is 36.1 Å². The van der Waals surface area contributed by atoms with E-state index in [0.29, 0.717) is 13.2 Å². The Morgan fingerprint density at radius 2 is 2.35 bits per heavy atom. The molecule has 2 aliphatic rings. The van der Waals surface area contributed by atoms with E-state index in [2.05, 4.69) is 4.90 Å². The minimum absolute atomic E-state index is 0.156. The van der Waals surface area contributed by atoms with Crippen molar-refractivity contribution in [2.24, 2.45) is 5.92 Å². The number of hydrogen-bond acceptors (Lipinski definition) is 4. The van der Waals surface area contributed by atoms with Gasteiger partial charge in [-0.25, -0.2) is 0 Å². The Labute approximate surface area is 119 Å². The highest BCUT2D eigenvalue weighted by Gasteiger charge is 2.25. The highest BCUT2D eigenvalue weighted by Crippen LogP contribution is 2.26. The number of piperidine rings is 1. The van der Waals surface area contributed by atoms with Crippen molar-refractivity contribution in [3.8, 4) is 5.75 Å². The Kier molecular flexibility index (Phi) is 3.76. The second-order valence-electron chi connectivity index (χ2n) is 5.91. The smallest absolute Gasteiger partial charge is 0.176 e. The lowest BCUT2D eigenvalue weighted by Gasteiger charge is -2.33. The van der Waals surface area contributed by atoms with Gasteiger partial charge in [0.15, 0.2) is 5.78 Å². The number of carbonyl (C=O) groups is 1. The minimum Gasteiger partial charge on any atom is -0.493 e. The third-order valence-electron chi connectivity index (χ3n) is 4.32. The number of Topliss-reactive ketones (excluding diaryl/α,β-unsaturated/α-hetero) is 1. The second-order valence-corrected chi connectivity index (χ2v) is 5.91. The molecule has 0 saturated carbocycles. The normalized spacial score (nSPS) is 26.1. The van der Waals surface area contributed by atoms with Gasteiger partial charge in [-0.3, -0.25) is 9.69 Å². The van der Waals surface area contributed by atoms with Crippen LogP contribution < -0.4 is 4.74 Å². The van der Waals surface area contributed by atoms with Crippen LogP contribution in [0.2, 0.25) is 0 Å². The lowest BCUT2D eigenvalue weighted by molar-refractivity contribution is 0.0344. The monoisotopic (exact) mass is 275 g/mol. The molecular formula is C16H21NO3. The van der Waals surface area contributed by atoms with E-state index in [9.17, 15) is 9.90 Å². The van der Waals surface area contributed by atoms with Crippen molar-refractivity contribution in [3.63, 3.8) is 0 Å². The average Bonchev–Trinajstić information content (AvgIpc) is 2.90. The zero-order valence-corrected chi connectivity index (χ0v) is 11.8. The molecule has 4 heteroatoms. The van der Waals surface area contributed by atoms with Crippen molar-refractivity contribution in [3.05, 3.63) is 29.3 Å². The molecule has 1 aromatic carbocycles. The molecule has 1 N–H and O–H groups in total. The first-order valence-electron chi connectivity index (χ1n) is 7.33. The molecule has 20 heavy (non-hydrogen) atoms. The molecule has 2 heterocycles. The zero-order valence-electron chi connectivity index (χ0n) is 11.8. The van der Waals surface area contributed by atoms with Gasteiger partial charge in [-0.1, -0.05) is 6.92 Å². The van der Waals surface area contributed by atoms with Crippen LogP contribution in [0.25, 0.3) is 0 Å². The molecular weight excluding hydrogens is 254 g/mol. The molecule has 0 aromatic heterocycles. The number of likely N-dealkylation sites (tertiary alicyclic amines) is 1. The van der Waals surface area contributed by atoms with E-state index in [1.54, 1.807) is 0 Å². The average molecular weight is 275 g/mol. The zero-order chi connectivity index (χ0) is 14.1. The number of rotatable bonds is 3. The first-order valence-corrected chi connectivity index (χ1v) is 7.33. The summed E-state index contributed by atoms with van der Waals surface area (Å²) in [6.45, 7) is 4.78. The maximum atomic E-state index is 12.4. The molecule has 0 aliphatic carbocycles. The maximum Gasteiger partial charge on any atom is 0.176 e. The fraction of sp³-hybridized carbons (Fsp3) is 0.562. The van der Waals surface area contributed by atoms with Crippen molar-refractivity contribution in [2.45, 2.75) is 25.9 Å². The van der Waals surface area contributed by atoms with E-state index in [1.165, 1.54) is 0 Å². The quantitative estimate of drug-likeness (QED) is 0.850. The highest BCUT2D eigenvalue weighted by atomic mass is 16.5. The van der Waals surface area contributed by atoms with Crippen LogP contribution in [0, 0.1) is 5.92 Å². The third-order valence-corrected chi connectivity index (χ3v) is 4.32. The van der Waals surface area contributed by atoms with Gasteiger partial charge in [0.1, 0.15) is 5.75 Å². The Morgan fingerprint density at radius 1 is 1.50 bits per heavy atom. The fourth-order valence-corrected chi connectivity index (χ4v) is 3.02. The van der Waals surface area contributed by atoms with Crippen LogP contribution in [0.15, 0.2) is 18.2 Å². The molecule has 2 atom stereocenters. The van der Waals surface area contributed by atoms with Gasteiger partial charge in [-0.15, -0.1) is 0 Å². The maximum absolute atomic E-state index is 12.4. The molecule has 1 saturated heterocycles. The second kappa shape index (κ2) is 5.54. The summed E-state index contributed by atoms with van der Waals surface area (Å²) >= 11 is 0. The molecule has 3 rings (SSSR count). The van der Waals surface area contributed by atoms with Crippen LogP contribution >= 0.6 is 0 Å². The van der Waals surface area contributed by atoms with Gasteiger partial charge in [0.25, 0.3) is 0 Å². The number of fused-ring (bicyclic) bond motifs is 1. The van der Waals surface area contributed by atoms with Crippen LogP contribution in [0.5, 0.6) is 5.75 Å². The molecule has 0 amide bonds. The number of carbonyl (C=O) groups excluding carboxylic acids is 1. The van der Waals surface area contributed by atoms with Crippen LogP contribution in [0.4, 0.5) is 0 Å². The van der Waals surface area contributed by atoms with Crippen LogP contribution in [0.1, 0.15) is 29.3 Å². The van der Waals surface area contributed by atoms with E-state index in [1.807, 2.05) is 25.1 Å². The number of aliphatic hydroxyl groups excluding tert-OH is 1. The molecule has 1 aromatic rings. The predicted molar refractivity (Wildman–Crippen MR) is 76.2 cm³/mol. The summed E-state index contributed by atoms with van der Waals surface area (Å²) in [5.74, 6) is 1.31. The lowest BCUT2D eigenvalue weighted by Crippen LogP contribution is -2.44. The highest BCUT2D eigenvalue weighted by molar-refractivity contribution is 5.98. The summed E-state index contributed by atoms with van der Waals surface area (Å²) in [5, 5.41) is 9.73. The summed E-state index contributed by atoms with van der Waals surface area (Å²) < 4.78 is 5.46. The molecule has 2 unspecified atom stereocenters. The van der Waals surface area contributed by atoms with Gasteiger partial charge < -0.3 is 9.84 Å². The molecule has 2 aliphatic heterocycles. The molecule has 0 bridgehead atoms. The van der Waals surface area contributed by atoms with Crippen molar-refractivity contribution in [1.29, 1.82) is 0 Å². The summed E-state index contributed by atoms with van der Waals surface area (Å²) in [5.41, 5.74) is 1.91. The largest absolute Gasteiger partial charge is 0.493 e. The van der Waals surface area contributed by atoms with Gasteiger partial charge in [0, 0.05) is 25.1 Å². The number of ketones is 1. The number of hydrogen-bond donors (Lipinski definition) is 1. The molecule has 0 radical (unpaired) electrons. The van der Waals surface area contributed by atoms with Crippen LogP contribution in [0.3, 0.4) is 0 Å².